The van der Waals surface area contributed by atoms with E-state index in [2.05, 4.69) is 33.8 Å². The summed E-state index contributed by atoms with van der Waals surface area (Å²) in [4.78, 5) is 12.4. The van der Waals surface area contributed by atoms with Gasteiger partial charge in [-0.05, 0) is 97.7 Å². The molecular formula is C47H76O18. The summed E-state index contributed by atoms with van der Waals surface area (Å²) in [5.41, 5.74) is -1.03. The van der Waals surface area contributed by atoms with Crippen LogP contribution in [-0.2, 0) is 33.2 Å². The van der Waals surface area contributed by atoms with Crippen LogP contribution in [0.4, 0.5) is 0 Å². The number of carboxylic acids is 1. The van der Waals surface area contributed by atoms with Crippen molar-refractivity contribution < 1.29 is 89.4 Å². The molecule has 3 saturated heterocycles. The van der Waals surface area contributed by atoms with Gasteiger partial charge in [-0.1, -0.05) is 60.1 Å². The minimum absolute atomic E-state index is 0.0853. The number of aliphatic hydroxyl groups excluding tert-OH is 10. The Balaban J connectivity index is 1.06. The van der Waals surface area contributed by atoms with Crippen LogP contribution < -0.4 is 0 Å². The first-order valence-corrected chi connectivity index (χ1v) is 23.8. The van der Waals surface area contributed by atoms with Crippen molar-refractivity contribution in [1.82, 2.24) is 0 Å². The second kappa shape index (κ2) is 17.2. The molecule has 3 heterocycles. The predicted molar refractivity (Wildman–Crippen MR) is 226 cm³/mol. The molecule has 0 aromatic rings. The number of hydrogen-bond donors (Lipinski definition) is 11. The number of carboxylic acid groups (broad SMARTS) is 1. The quantitative estimate of drug-likeness (QED) is 0.115. The highest BCUT2D eigenvalue weighted by atomic mass is 16.8. The Kier molecular flexibility index (Phi) is 13.2. The maximum atomic E-state index is 12.4. The van der Waals surface area contributed by atoms with Gasteiger partial charge in [0.15, 0.2) is 25.0 Å². The molecule has 0 bridgehead atoms. The van der Waals surface area contributed by atoms with Crippen molar-refractivity contribution in [3.05, 3.63) is 11.6 Å². The summed E-state index contributed by atoms with van der Waals surface area (Å²) in [7, 11) is 0. The van der Waals surface area contributed by atoms with Gasteiger partial charge in [0, 0.05) is 10.8 Å². The van der Waals surface area contributed by atoms with E-state index in [1.165, 1.54) is 12.5 Å². The first kappa shape index (κ1) is 50.0. The molecule has 25 unspecified atom stereocenters. The molecule has 18 heteroatoms. The Labute approximate surface area is 380 Å². The van der Waals surface area contributed by atoms with Crippen LogP contribution in [0.1, 0.15) is 107 Å². The van der Waals surface area contributed by atoms with E-state index in [1.54, 1.807) is 0 Å². The van der Waals surface area contributed by atoms with Gasteiger partial charge in [0.25, 0.3) is 0 Å². The largest absolute Gasteiger partial charge is 0.479 e. The zero-order chi connectivity index (χ0) is 47.7. The Morgan fingerprint density at radius 3 is 2.02 bits per heavy atom. The molecule has 11 N–H and O–H groups in total. The molecule has 0 aromatic carbocycles. The van der Waals surface area contributed by atoms with Crippen LogP contribution in [0.3, 0.4) is 0 Å². The van der Waals surface area contributed by atoms with Gasteiger partial charge in [0.1, 0.15) is 54.9 Å². The molecule has 8 aliphatic rings. The number of ether oxygens (including phenoxy) is 6. The fourth-order valence-electron chi connectivity index (χ4n) is 14.8. The van der Waals surface area contributed by atoms with Crippen molar-refractivity contribution in [2.75, 3.05) is 13.2 Å². The molecule has 5 aliphatic carbocycles. The second-order valence-corrected chi connectivity index (χ2v) is 23.1. The summed E-state index contributed by atoms with van der Waals surface area (Å²) >= 11 is 0. The van der Waals surface area contributed by atoms with Crippen LogP contribution in [0.5, 0.6) is 0 Å². The molecule has 0 spiro atoms. The SMILES string of the molecule is CC1OC(OC2C(OC3C(OC4CCC5(C)C(CCC6(C)C5CC=C5C7CC(C)(C)C(O)C(O)C7(C)CCC56C)C4(C)CO)OC(C(=O)O)C(O)C3O)OCC(O)C2O)C(O)C(O)C1O. The summed E-state index contributed by atoms with van der Waals surface area (Å²) in [5, 5.41) is 120. The minimum atomic E-state index is -2.03. The van der Waals surface area contributed by atoms with Crippen molar-refractivity contribution in [3.63, 3.8) is 0 Å². The average Bonchev–Trinajstić information content (AvgIpc) is 3.25. The maximum Gasteiger partial charge on any atom is 0.335 e. The Morgan fingerprint density at radius 1 is 0.692 bits per heavy atom. The molecular weight excluding hydrogens is 852 g/mol. The molecule has 8 rings (SSSR count). The number of aliphatic carboxylic acids is 1. The lowest BCUT2D eigenvalue weighted by atomic mass is 9.33. The standard InChI is InChI=1S/C47H76O18/c1-20-27(50)29(52)32(55)39(61-20)64-34-28(51)23(49)18-60-40(34)65-35-31(54)30(53)33(38(58)59)63-41(35)62-26-12-13-44(5)24(45(26,6)19-48)11-14-47(8)25(44)10-9-21-22-17-42(2,3)36(56)37(57)43(22,4)15-16-46(21,47)7/h9,20,22-37,39-41,48-57H,10-19H2,1-8H3,(H,58,59). The van der Waals surface area contributed by atoms with E-state index >= 15 is 0 Å². The zero-order valence-corrected chi connectivity index (χ0v) is 39.0. The Hall–Kier alpha value is -1.43. The third-order valence-corrected chi connectivity index (χ3v) is 19.4. The van der Waals surface area contributed by atoms with E-state index < -0.39 is 133 Å². The average molecular weight is 929 g/mol. The highest BCUT2D eigenvalue weighted by Gasteiger charge is 2.70. The van der Waals surface area contributed by atoms with Crippen LogP contribution in [-0.4, -0.2) is 180 Å². The van der Waals surface area contributed by atoms with Gasteiger partial charge in [0.05, 0.1) is 37.6 Å². The first-order chi connectivity index (χ1) is 30.2. The summed E-state index contributed by atoms with van der Waals surface area (Å²) in [5.74, 6) is -1.34. The van der Waals surface area contributed by atoms with Gasteiger partial charge in [-0.2, -0.15) is 0 Å². The van der Waals surface area contributed by atoms with E-state index in [9.17, 15) is 61.0 Å². The summed E-state index contributed by atoms with van der Waals surface area (Å²) in [6, 6.07) is 0. The summed E-state index contributed by atoms with van der Waals surface area (Å²) < 4.78 is 36.0. The number of rotatable bonds is 8. The van der Waals surface area contributed by atoms with Gasteiger partial charge < -0.3 is 84.6 Å². The fraction of sp³-hybridized carbons (Fsp3) is 0.936. The van der Waals surface area contributed by atoms with E-state index in [-0.39, 0.29) is 40.6 Å². The van der Waals surface area contributed by atoms with Crippen molar-refractivity contribution in [2.45, 2.75) is 211 Å². The molecule has 4 saturated carbocycles. The topological polar surface area (TPSA) is 295 Å². The molecule has 0 aromatic heterocycles. The molecule has 25 atom stereocenters. The van der Waals surface area contributed by atoms with Gasteiger partial charge in [-0.3, -0.25) is 0 Å². The van der Waals surface area contributed by atoms with Crippen molar-refractivity contribution in [3.8, 4) is 0 Å². The normalized spacial score (nSPS) is 56.6. The lowest BCUT2D eigenvalue weighted by molar-refractivity contribution is -0.387. The Morgan fingerprint density at radius 2 is 1.35 bits per heavy atom. The fourth-order valence-corrected chi connectivity index (χ4v) is 14.8. The van der Waals surface area contributed by atoms with Gasteiger partial charge >= 0.3 is 5.97 Å². The monoisotopic (exact) mass is 929 g/mol. The van der Waals surface area contributed by atoms with Crippen molar-refractivity contribution in [2.24, 2.45) is 50.2 Å². The third kappa shape index (κ3) is 7.53. The van der Waals surface area contributed by atoms with Gasteiger partial charge in [-0.25, -0.2) is 4.79 Å². The van der Waals surface area contributed by atoms with Gasteiger partial charge in [0.2, 0.25) is 0 Å². The predicted octanol–water partition coefficient (Wildman–Crippen LogP) is 0.315. The van der Waals surface area contributed by atoms with Crippen molar-refractivity contribution in [1.29, 1.82) is 0 Å². The van der Waals surface area contributed by atoms with Crippen LogP contribution in [0, 0.1) is 50.2 Å². The number of fused-ring (bicyclic) bond motifs is 7. The molecule has 65 heavy (non-hydrogen) atoms. The van der Waals surface area contributed by atoms with E-state index in [1.807, 2.05) is 20.8 Å². The van der Waals surface area contributed by atoms with Crippen LogP contribution in [0.2, 0.25) is 0 Å². The Bertz CT molecular complexity index is 1800. The summed E-state index contributed by atoms with van der Waals surface area (Å²) in [6.07, 6.45) is -17.6. The number of hydrogen-bond acceptors (Lipinski definition) is 17. The molecule has 0 radical (unpaired) electrons. The molecule has 3 aliphatic heterocycles. The highest BCUT2D eigenvalue weighted by Crippen LogP contribution is 2.76. The number of aliphatic hydroxyl groups is 10. The first-order valence-electron chi connectivity index (χ1n) is 23.8. The number of allylic oxidation sites excluding steroid dienone is 2. The van der Waals surface area contributed by atoms with Crippen molar-refractivity contribution >= 4 is 5.97 Å². The summed E-state index contributed by atoms with van der Waals surface area (Å²) in [6.45, 7) is 16.0. The molecule has 372 valence electrons. The third-order valence-electron chi connectivity index (χ3n) is 19.4. The lowest BCUT2D eigenvalue weighted by Gasteiger charge is -2.72. The molecule has 0 amide bonds. The highest BCUT2D eigenvalue weighted by molar-refractivity contribution is 5.73. The maximum absolute atomic E-state index is 12.4. The molecule has 18 nitrogen and oxygen atoms in total. The van der Waals surface area contributed by atoms with Gasteiger partial charge in [-0.15, -0.1) is 0 Å². The second-order valence-electron chi connectivity index (χ2n) is 23.1. The van der Waals surface area contributed by atoms with Crippen LogP contribution in [0.25, 0.3) is 0 Å². The number of carbonyl (C=O) groups is 1. The van der Waals surface area contributed by atoms with E-state index in [0.29, 0.717) is 12.8 Å². The van der Waals surface area contributed by atoms with Crippen LogP contribution in [0.15, 0.2) is 11.6 Å². The smallest absolute Gasteiger partial charge is 0.335 e. The van der Waals surface area contributed by atoms with E-state index in [0.717, 1.165) is 38.5 Å². The zero-order valence-electron chi connectivity index (χ0n) is 39.0. The van der Waals surface area contributed by atoms with E-state index in [4.69, 9.17) is 28.4 Å². The lowest BCUT2D eigenvalue weighted by Crippen LogP contribution is -2.68. The minimum Gasteiger partial charge on any atom is -0.479 e. The molecule has 7 fully saturated rings. The van der Waals surface area contributed by atoms with Crippen LogP contribution >= 0.6 is 0 Å².